The number of hydrogen-bond donors (Lipinski definition) is 2. The van der Waals surface area contributed by atoms with Crippen molar-refractivity contribution in [2.24, 2.45) is 10.9 Å². The Bertz CT molecular complexity index is 839. The number of pyridine rings is 1. The van der Waals surface area contributed by atoms with E-state index < -0.39 is 5.60 Å². The maximum atomic E-state index is 12.1. The summed E-state index contributed by atoms with van der Waals surface area (Å²) in [5, 5.41) is 7.80. The van der Waals surface area contributed by atoms with Crippen molar-refractivity contribution in [3.8, 4) is 0 Å². The van der Waals surface area contributed by atoms with Crippen LogP contribution in [0.15, 0.2) is 41.5 Å². The standard InChI is InChI=1S/C22H33N5O2/c1-16(15-27(6)21(28)29-22(2,3)4)13-25-20(23-5)26-14-17-11-12-24-19-10-8-7-9-18(17)19/h7-12,16H,13-15H2,1-6H3,(H2,23,25,26). The normalized spacial score (nSPS) is 13.1. The molecule has 0 fully saturated rings. The molecule has 0 aliphatic heterocycles. The Labute approximate surface area is 173 Å². The van der Waals surface area contributed by atoms with Crippen molar-refractivity contribution in [3.05, 3.63) is 42.1 Å². The van der Waals surface area contributed by atoms with Crippen LogP contribution in [0, 0.1) is 5.92 Å². The molecule has 1 aromatic carbocycles. The van der Waals surface area contributed by atoms with Gasteiger partial charge in [-0.2, -0.15) is 0 Å². The maximum absolute atomic E-state index is 12.1. The number of amides is 1. The third-order valence-corrected chi connectivity index (χ3v) is 4.32. The number of fused-ring (bicyclic) bond motifs is 1. The molecule has 0 radical (unpaired) electrons. The fourth-order valence-electron chi connectivity index (χ4n) is 2.93. The molecule has 1 aromatic heterocycles. The van der Waals surface area contributed by atoms with Crippen LogP contribution in [0.25, 0.3) is 10.9 Å². The zero-order chi connectivity index (χ0) is 21.4. The first-order valence-corrected chi connectivity index (χ1v) is 9.91. The van der Waals surface area contributed by atoms with E-state index in [1.807, 2.05) is 51.2 Å². The van der Waals surface area contributed by atoms with Crippen LogP contribution in [0.3, 0.4) is 0 Å². The summed E-state index contributed by atoms with van der Waals surface area (Å²) >= 11 is 0. The summed E-state index contributed by atoms with van der Waals surface area (Å²) in [6.45, 7) is 9.60. The van der Waals surface area contributed by atoms with Gasteiger partial charge in [0.25, 0.3) is 0 Å². The van der Waals surface area contributed by atoms with Crippen LogP contribution in [0.2, 0.25) is 0 Å². The number of ether oxygens (including phenoxy) is 1. The highest BCUT2D eigenvalue weighted by molar-refractivity contribution is 5.83. The summed E-state index contributed by atoms with van der Waals surface area (Å²) in [4.78, 5) is 22.4. The number of carbonyl (C=O) groups is 1. The predicted octanol–water partition coefficient (Wildman–Crippen LogP) is 3.40. The molecule has 2 N–H and O–H groups in total. The maximum Gasteiger partial charge on any atom is 0.410 e. The molecule has 1 heterocycles. The summed E-state index contributed by atoms with van der Waals surface area (Å²) in [5.41, 5.74) is 1.65. The van der Waals surface area contributed by atoms with Crippen molar-refractivity contribution >= 4 is 23.0 Å². The van der Waals surface area contributed by atoms with Crippen LogP contribution < -0.4 is 10.6 Å². The SMILES string of the molecule is CN=C(NCc1ccnc2ccccc12)NCC(C)CN(C)C(=O)OC(C)(C)C. The van der Waals surface area contributed by atoms with Crippen molar-refractivity contribution < 1.29 is 9.53 Å². The molecule has 2 rings (SSSR count). The number of para-hydroxylation sites is 1. The molecule has 1 unspecified atom stereocenters. The number of benzene rings is 1. The lowest BCUT2D eigenvalue weighted by molar-refractivity contribution is 0.0278. The summed E-state index contributed by atoms with van der Waals surface area (Å²) in [5.74, 6) is 0.950. The van der Waals surface area contributed by atoms with Gasteiger partial charge in [-0.1, -0.05) is 25.1 Å². The van der Waals surface area contributed by atoms with E-state index in [1.165, 1.54) is 0 Å². The van der Waals surface area contributed by atoms with Crippen molar-refractivity contribution in [2.75, 3.05) is 27.2 Å². The van der Waals surface area contributed by atoms with Gasteiger partial charge in [-0.25, -0.2) is 4.79 Å². The smallest absolute Gasteiger partial charge is 0.410 e. The van der Waals surface area contributed by atoms with Crippen LogP contribution >= 0.6 is 0 Å². The first-order valence-electron chi connectivity index (χ1n) is 9.91. The molecule has 0 saturated carbocycles. The lowest BCUT2D eigenvalue weighted by Crippen LogP contribution is -2.42. The Morgan fingerprint density at radius 2 is 1.97 bits per heavy atom. The molecule has 0 bridgehead atoms. The Morgan fingerprint density at radius 1 is 1.24 bits per heavy atom. The number of nitrogens with one attached hydrogen (secondary N) is 2. The number of hydrogen-bond acceptors (Lipinski definition) is 4. The number of aliphatic imine (C=N–C) groups is 1. The zero-order valence-electron chi connectivity index (χ0n) is 18.3. The molecule has 1 atom stereocenters. The minimum Gasteiger partial charge on any atom is -0.444 e. The summed E-state index contributed by atoms with van der Waals surface area (Å²) in [6.07, 6.45) is 1.51. The number of guanidine groups is 1. The van der Waals surface area contributed by atoms with Crippen molar-refractivity contribution in [2.45, 2.75) is 39.8 Å². The van der Waals surface area contributed by atoms with Gasteiger partial charge in [0.2, 0.25) is 0 Å². The number of rotatable bonds is 6. The first-order chi connectivity index (χ1) is 13.7. The Hall–Kier alpha value is -2.83. The summed E-state index contributed by atoms with van der Waals surface area (Å²) in [6, 6.07) is 10.1. The third kappa shape index (κ3) is 7.25. The van der Waals surface area contributed by atoms with Gasteiger partial charge in [0.15, 0.2) is 5.96 Å². The van der Waals surface area contributed by atoms with Crippen LogP contribution in [0.4, 0.5) is 4.79 Å². The molecule has 29 heavy (non-hydrogen) atoms. The second kappa shape index (κ2) is 10.1. The topological polar surface area (TPSA) is 78.9 Å². The predicted molar refractivity (Wildman–Crippen MR) is 118 cm³/mol. The fraction of sp³-hybridized carbons (Fsp3) is 0.500. The number of carbonyl (C=O) groups excluding carboxylic acids is 1. The second-order valence-electron chi connectivity index (χ2n) is 8.26. The van der Waals surface area contributed by atoms with E-state index in [0.29, 0.717) is 19.6 Å². The van der Waals surface area contributed by atoms with Crippen molar-refractivity contribution in [3.63, 3.8) is 0 Å². The molecule has 0 saturated heterocycles. The van der Waals surface area contributed by atoms with E-state index in [1.54, 1.807) is 19.0 Å². The molecular weight excluding hydrogens is 366 g/mol. The highest BCUT2D eigenvalue weighted by Crippen LogP contribution is 2.15. The van der Waals surface area contributed by atoms with Crippen LogP contribution in [-0.2, 0) is 11.3 Å². The molecule has 1 amide bonds. The molecule has 7 nitrogen and oxygen atoms in total. The monoisotopic (exact) mass is 399 g/mol. The van der Waals surface area contributed by atoms with E-state index in [0.717, 1.165) is 22.4 Å². The van der Waals surface area contributed by atoms with Gasteiger partial charge in [-0.3, -0.25) is 9.98 Å². The van der Waals surface area contributed by atoms with Crippen molar-refractivity contribution in [1.82, 2.24) is 20.5 Å². The quantitative estimate of drug-likeness (QED) is 0.575. The summed E-state index contributed by atoms with van der Waals surface area (Å²) in [7, 11) is 3.50. The molecular formula is C22H33N5O2. The molecule has 0 aliphatic carbocycles. The average molecular weight is 400 g/mol. The number of nitrogens with zero attached hydrogens (tertiary/aromatic N) is 3. The van der Waals surface area contributed by atoms with E-state index >= 15 is 0 Å². The lowest BCUT2D eigenvalue weighted by Gasteiger charge is -2.26. The third-order valence-electron chi connectivity index (χ3n) is 4.32. The van der Waals surface area contributed by atoms with Gasteiger partial charge >= 0.3 is 6.09 Å². The van der Waals surface area contributed by atoms with Gasteiger partial charge in [0.1, 0.15) is 5.60 Å². The van der Waals surface area contributed by atoms with Gasteiger partial charge < -0.3 is 20.3 Å². The van der Waals surface area contributed by atoms with Crippen LogP contribution in [-0.4, -0.2) is 54.7 Å². The van der Waals surface area contributed by atoms with E-state index in [4.69, 9.17) is 4.74 Å². The highest BCUT2D eigenvalue weighted by atomic mass is 16.6. The molecule has 158 valence electrons. The van der Waals surface area contributed by atoms with E-state index in [-0.39, 0.29) is 12.0 Å². The minimum absolute atomic E-state index is 0.229. The summed E-state index contributed by atoms with van der Waals surface area (Å²) < 4.78 is 5.40. The molecule has 7 heteroatoms. The molecule has 0 aliphatic rings. The zero-order valence-corrected chi connectivity index (χ0v) is 18.3. The van der Waals surface area contributed by atoms with Gasteiger partial charge in [0, 0.05) is 45.3 Å². The van der Waals surface area contributed by atoms with Gasteiger partial charge in [-0.05, 0) is 44.4 Å². The number of aromatic nitrogens is 1. The second-order valence-corrected chi connectivity index (χ2v) is 8.26. The largest absolute Gasteiger partial charge is 0.444 e. The van der Waals surface area contributed by atoms with Gasteiger partial charge in [0.05, 0.1) is 5.52 Å². The molecule has 0 spiro atoms. The van der Waals surface area contributed by atoms with Crippen LogP contribution in [0.1, 0.15) is 33.3 Å². The highest BCUT2D eigenvalue weighted by Gasteiger charge is 2.20. The minimum atomic E-state index is -0.490. The first kappa shape index (κ1) is 22.5. The lowest BCUT2D eigenvalue weighted by atomic mass is 10.1. The molecule has 2 aromatic rings. The Balaban J connectivity index is 1.83. The fourth-order valence-corrected chi connectivity index (χ4v) is 2.93. The van der Waals surface area contributed by atoms with Gasteiger partial charge in [-0.15, -0.1) is 0 Å². The Morgan fingerprint density at radius 3 is 2.66 bits per heavy atom. The van der Waals surface area contributed by atoms with Crippen molar-refractivity contribution in [1.29, 1.82) is 0 Å². The van der Waals surface area contributed by atoms with E-state index in [2.05, 4.69) is 33.6 Å². The Kier molecular flexibility index (Phi) is 7.82. The van der Waals surface area contributed by atoms with E-state index in [9.17, 15) is 4.79 Å². The van der Waals surface area contributed by atoms with Crippen LogP contribution in [0.5, 0.6) is 0 Å². The average Bonchev–Trinajstić information content (AvgIpc) is 2.66.